The lowest BCUT2D eigenvalue weighted by Crippen LogP contribution is -2.33. The number of furan rings is 1. The van der Waals surface area contributed by atoms with E-state index in [9.17, 15) is 0 Å². The number of rotatable bonds is 7. The number of hydrogen-bond donors (Lipinski definition) is 1. The average molecular weight is 269 g/mol. The molecule has 0 aliphatic heterocycles. The Kier molecular flexibility index (Phi) is 4.22. The molecule has 2 unspecified atom stereocenters. The van der Waals surface area contributed by atoms with E-state index in [1.807, 2.05) is 6.07 Å². The zero-order valence-electron chi connectivity index (χ0n) is 12.1. The summed E-state index contributed by atoms with van der Waals surface area (Å²) < 4.78 is 5.44. The Morgan fingerprint density at radius 3 is 2.90 bits per heavy atom. The maximum Gasteiger partial charge on any atom is 0.103 e. The predicted octanol–water partition coefficient (Wildman–Crippen LogP) is 3.92. The smallest absolute Gasteiger partial charge is 0.103 e. The van der Waals surface area contributed by atoms with E-state index in [1.165, 1.54) is 12.8 Å². The maximum atomic E-state index is 5.44. The molecule has 0 amide bonds. The molecule has 0 fully saturated rings. The number of nitrogens with one attached hydrogen (secondary N) is 1. The highest BCUT2D eigenvalue weighted by atomic mass is 16.3. The first-order chi connectivity index (χ1) is 9.86. The van der Waals surface area contributed by atoms with Crippen molar-refractivity contribution in [3.05, 3.63) is 59.5 Å². The Labute approximate surface area is 121 Å². The second-order valence-corrected chi connectivity index (χ2v) is 5.71. The van der Waals surface area contributed by atoms with Crippen molar-refractivity contribution in [1.82, 2.24) is 5.32 Å². The molecule has 1 heterocycles. The standard InChI is InChI=1S/C18H23NO/c1-2-19-16(9-10-17-7-5-11-20-17)13-15-12-14-6-3-4-8-18(14)15/h3-8,11,15-16,19H,2,9-10,12-13H2,1H3. The molecule has 106 valence electrons. The zero-order valence-corrected chi connectivity index (χ0v) is 12.1. The molecule has 1 aromatic carbocycles. The summed E-state index contributed by atoms with van der Waals surface area (Å²) in [7, 11) is 0. The van der Waals surface area contributed by atoms with Gasteiger partial charge in [0.25, 0.3) is 0 Å². The highest BCUT2D eigenvalue weighted by molar-refractivity contribution is 5.39. The fourth-order valence-corrected chi connectivity index (χ4v) is 3.28. The number of fused-ring (bicyclic) bond motifs is 1. The van der Waals surface area contributed by atoms with E-state index in [-0.39, 0.29) is 0 Å². The van der Waals surface area contributed by atoms with Crippen molar-refractivity contribution < 1.29 is 4.42 Å². The molecule has 0 radical (unpaired) electrons. The van der Waals surface area contributed by atoms with Crippen molar-refractivity contribution in [3.8, 4) is 0 Å². The van der Waals surface area contributed by atoms with Crippen LogP contribution in [0.3, 0.4) is 0 Å². The lowest BCUT2D eigenvalue weighted by molar-refractivity contribution is 0.391. The van der Waals surface area contributed by atoms with Gasteiger partial charge in [0.1, 0.15) is 5.76 Å². The summed E-state index contributed by atoms with van der Waals surface area (Å²) in [5.74, 6) is 1.84. The van der Waals surface area contributed by atoms with E-state index in [0.717, 1.165) is 31.1 Å². The van der Waals surface area contributed by atoms with Gasteiger partial charge in [0.05, 0.1) is 6.26 Å². The van der Waals surface area contributed by atoms with Gasteiger partial charge in [-0.15, -0.1) is 0 Å². The molecule has 2 heteroatoms. The van der Waals surface area contributed by atoms with Crippen LogP contribution in [0.5, 0.6) is 0 Å². The van der Waals surface area contributed by atoms with Gasteiger partial charge in [-0.3, -0.25) is 0 Å². The molecule has 1 aliphatic carbocycles. The van der Waals surface area contributed by atoms with Crippen LogP contribution in [0.4, 0.5) is 0 Å². The second-order valence-electron chi connectivity index (χ2n) is 5.71. The maximum absolute atomic E-state index is 5.44. The van der Waals surface area contributed by atoms with Crippen molar-refractivity contribution >= 4 is 0 Å². The average Bonchev–Trinajstić information content (AvgIpc) is 2.95. The summed E-state index contributed by atoms with van der Waals surface area (Å²) in [5, 5.41) is 3.63. The minimum absolute atomic E-state index is 0.587. The summed E-state index contributed by atoms with van der Waals surface area (Å²) in [6.45, 7) is 3.23. The van der Waals surface area contributed by atoms with Gasteiger partial charge in [-0.05, 0) is 55.0 Å². The molecule has 20 heavy (non-hydrogen) atoms. The van der Waals surface area contributed by atoms with Crippen LogP contribution in [0.1, 0.15) is 42.6 Å². The van der Waals surface area contributed by atoms with Crippen molar-refractivity contribution in [2.45, 2.75) is 44.6 Å². The largest absolute Gasteiger partial charge is 0.469 e. The summed E-state index contributed by atoms with van der Waals surface area (Å²) >= 11 is 0. The van der Waals surface area contributed by atoms with Gasteiger partial charge in [0, 0.05) is 12.5 Å². The van der Waals surface area contributed by atoms with E-state index in [4.69, 9.17) is 4.42 Å². The van der Waals surface area contributed by atoms with E-state index < -0.39 is 0 Å². The topological polar surface area (TPSA) is 25.2 Å². The first-order valence-electron chi connectivity index (χ1n) is 7.70. The summed E-state index contributed by atoms with van der Waals surface area (Å²) in [5.41, 5.74) is 3.10. The third-order valence-corrected chi connectivity index (χ3v) is 4.34. The van der Waals surface area contributed by atoms with E-state index in [0.29, 0.717) is 6.04 Å². The van der Waals surface area contributed by atoms with E-state index in [1.54, 1.807) is 17.4 Å². The van der Waals surface area contributed by atoms with Crippen LogP contribution in [-0.2, 0) is 12.8 Å². The quantitative estimate of drug-likeness (QED) is 0.824. The zero-order chi connectivity index (χ0) is 13.8. The van der Waals surface area contributed by atoms with Gasteiger partial charge < -0.3 is 9.73 Å². The summed E-state index contributed by atoms with van der Waals surface area (Å²) in [6, 6.07) is 13.5. The third kappa shape index (κ3) is 2.96. The molecule has 0 saturated carbocycles. The van der Waals surface area contributed by atoms with Gasteiger partial charge >= 0.3 is 0 Å². The Morgan fingerprint density at radius 1 is 1.25 bits per heavy atom. The second kappa shape index (κ2) is 6.27. The Hall–Kier alpha value is -1.54. The molecule has 2 atom stereocenters. The molecule has 3 rings (SSSR count). The molecule has 0 bridgehead atoms. The fourth-order valence-electron chi connectivity index (χ4n) is 3.28. The monoisotopic (exact) mass is 269 g/mol. The lowest BCUT2D eigenvalue weighted by atomic mass is 9.74. The molecule has 0 saturated heterocycles. The fraction of sp³-hybridized carbons (Fsp3) is 0.444. The van der Waals surface area contributed by atoms with Crippen LogP contribution in [0.25, 0.3) is 0 Å². The highest BCUT2D eigenvalue weighted by Crippen LogP contribution is 2.38. The Bertz CT molecular complexity index is 532. The molecule has 2 nitrogen and oxygen atoms in total. The summed E-state index contributed by atoms with van der Waals surface area (Å²) in [4.78, 5) is 0. The molecular formula is C18H23NO. The molecule has 0 spiro atoms. The normalized spacial score (nSPS) is 18.4. The minimum Gasteiger partial charge on any atom is -0.469 e. The SMILES string of the molecule is CCNC(CCc1ccco1)CC1Cc2ccccc21. The van der Waals surface area contributed by atoms with Gasteiger partial charge in [-0.25, -0.2) is 0 Å². The van der Waals surface area contributed by atoms with Gasteiger partial charge in [0.2, 0.25) is 0 Å². The Morgan fingerprint density at radius 2 is 2.15 bits per heavy atom. The highest BCUT2D eigenvalue weighted by Gasteiger charge is 2.27. The van der Waals surface area contributed by atoms with Gasteiger partial charge in [0.15, 0.2) is 0 Å². The van der Waals surface area contributed by atoms with Crippen molar-refractivity contribution in [2.75, 3.05) is 6.54 Å². The molecule has 1 N–H and O–H groups in total. The Balaban J connectivity index is 1.55. The van der Waals surface area contributed by atoms with Crippen LogP contribution >= 0.6 is 0 Å². The van der Waals surface area contributed by atoms with Crippen LogP contribution in [0.15, 0.2) is 47.1 Å². The van der Waals surface area contributed by atoms with Crippen molar-refractivity contribution in [3.63, 3.8) is 0 Å². The first kappa shape index (κ1) is 13.4. The predicted molar refractivity (Wildman–Crippen MR) is 82.0 cm³/mol. The van der Waals surface area contributed by atoms with E-state index in [2.05, 4.69) is 42.6 Å². The molecule has 2 aromatic rings. The van der Waals surface area contributed by atoms with Crippen LogP contribution in [0.2, 0.25) is 0 Å². The van der Waals surface area contributed by atoms with Crippen molar-refractivity contribution in [1.29, 1.82) is 0 Å². The van der Waals surface area contributed by atoms with Crippen LogP contribution in [0, 0.1) is 0 Å². The molecular weight excluding hydrogens is 246 g/mol. The number of hydrogen-bond acceptors (Lipinski definition) is 2. The third-order valence-electron chi connectivity index (χ3n) is 4.34. The lowest BCUT2D eigenvalue weighted by Gasteiger charge is -2.33. The molecule has 1 aliphatic rings. The van der Waals surface area contributed by atoms with E-state index >= 15 is 0 Å². The van der Waals surface area contributed by atoms with Crippen molar-refractivity contribution in [2.24, 2.45) is 0 Å². The van der Waals surface area contributed by atoms with Crippen LogP contribution in [-0.4, -0.2) is 12.6 Å². The minimum atomic E-state index is 0.587. The molecule has 1 aromatic heterocycles. The van der Waals surface area contributed by atoms with Crippen LogP contribution < -0.4 is 5.32 Å². The van der Waals surface area contributed by atoms with Gasteiger partial charge in [-0.2, -0.15) is 0 Å². The summed E-state index contributed by atoms with van der Waals surface area (Å²) in [6.07, 6.45) is 6.43. The number of benzene rings is 1. The first-order valence-corrected chi connectivity index (χ1v) is 7.70. The van der Waals surface area contributed by atoms with Gasteiger partial charge in [-0.1, -0.05) is 31.2 Å². The number of aryl methyl sites for hydroxylation is 1.